The minimum absolute atomic E-state index is 0.105. The Hall–Kier alpha value is -3.66. The molecule has 1 aliphatic rings. The molecule has 1 aliphatic heterocycles. The first-order chi connectivity index (χ1) is 15.9. The lowest BCUT2D eigenvalue weighted by molar-refractivity contribution is -0.120. The minimum Gasteiger partial charge on any atom is -0.497 e. The van der Waals surface area contributed by atoms with Crippen molar-refractivity contribution in [3.63, 3.8) is 0 Å². The van der Waals surface area contributed by atoms with E-state index in [-0.39, 0.29) is 23.5 Å². The summed E-state index contributed by atoms with van der Waals surface area (Å²) in [5.41, 5.74) is 8.61. The number of fused-ring (bicyclic) bond motifs is 1. The third-order valence-corrected chi connectivity index (χ3v) is 6.46. The molecule has 1 atom stereocenters. The molecule has 2 heterocycles. The summed E-state index contributed by atoms with van der Waals surface area (Å²) in [5.74, 6) is 1.85. The molecular weight excluding hydrogens is 444 g/mol. The number of hydrogen-bond acceptors (Lipinski definition) is 7. The van der Waals surface area contributed by atoms with Crippen molar-refractivity contribution in [1.82, 2.24) is 9.78 Å². The number of benzene rings is 2. The predicted molar refractivity (Wildman–Crippen MR) is 125 cm³/mol. The third kappa shape index (κ3) is 4.61. The number of carbonyl (C=O) groups is 2. The van der Waals surface area contributed by atoms with Crippen LogP contribution in [0.15, 0.2) is 42.5 Å². The lowest BCUT2D eigenvalue weighted by Gasteiger charge is -2.18. The molecule has 0 aliphatic carbocycles. The fourth-order valence-electron chi connectivity index (χ4n) is 3.67. The fraction of sp³-hybridized carbons (Fsp3) is 0.261. The van der Waals surface area contributed by atoms with Gasteiger partial charge in [-0.3, -0.25) is 9.59 Å². The fourth-order valence-corrected chi connectivity index (χ4v) is 4.85. The third-order valence-electron chi connectivity index (χ3n) is 5.19. The van der Waals surface area contributed by atoms with E-state index in [2.05, 4.69) is 5.32 Å². The first-order valence-electron chi connectivity index (χ1n) is 10.2. The van der Waals surface area contributed by atoms with Crippen molar-refractivity contribution in [2.45, 2.75) is 12.2 Å². The van der Waals surface area contributed by atoms with E-state index in [1.807, 2.05) is 43.3 Å². The topological polar surface area (TPSA) is 118 Å². The molecule has 0 radical (unpaired) electrons. The summed E-state index contributed by atoms with van der Waals surface area (Å²) in [5, 5.41) is 7.56. The minimum atomic E-state index is -0.573. The van der Waals surface area contributed by atoms with Gasteiger partial charge in [0.2, 0.25) is 5.91 Å². The van der Waals surface area contributed by atoms with Gasteiger partial charge in [0.1, 0.15) is 11.6 Å². The Bertz CT molecular complexity index is 1190. The summed E-state index contributed by atoms with van der Waals surface area (Å²) in [4.78, 5) is 23.6. The normalized spacial score (nSPS) is 15.2. The van der Waals surface area contributed by atoms with Crippen LogP contribution in [0.25, 0.3) is 5.69 Å². The van der Waals surface area contributed by atoms with Crippen LogP contribution >= 0.6 is 11.8 Å². The Kier molecular flexibility index (Phi) is 6.45. The van der Waals surface area contributed by atoms with E-state index in [0.29, 0.717) is 17.3 Å². The van der Waals surface area contributed by atoms with E-state index in [4.69, 9.17) is 25.0 Å². The molecule has 2 amide bonds. The Morgan fingerprint density at radius 1 is 1.18 bits per heavy atom. The van der Waals surface area contributed by atoms with Crippen LogP contribution in [0.4, 0.5) is 5.82 Å². The van der Waals surface area contributed by atoms with Crippen molar-refractivity contribution in [2.24, 2.45) is 5.73 Å². The summed E-state index contributed by atoms with van der Waals surface area (Å²) >= 11 is 1.50. The summed E-state index contributed by atoms with van der Waals surface area (Å²) in [6.45, 7) is 1.68. The summed E-state index contributed by atoms with van der Waals surface area (Å²) < 4.78 is 17.9. The number of amides is 2. The molecule has 2 aromatic carbocycles. The van der Waals surface area contributed by atoms with Crippen molar-refractivity contribution in [2.75, 3.05) is 31.9 Å². The Balaban J connectivity index is 1.77. The molecule has 0 fully saturated rings. The van der Waals surface area contributed by atoms with Crippen molar-refractivity contribution in [1.29, 1.82) is 0 Å². The van der Waals surface area contributed by atoms with Gasteiger partial charge in [-0.05, 0) is 48.9 Å². The molecule has 9 nitrogen and oxygen atoms in total. The van der Waals surface area contributed by atoms with Gasteiger partial charge in [-0.1, -0.05) is 6.07 Å². The van der Waals surface area contributed by atoms with E-state index in [1.54, 1.807) is 17.9 Å². The maximum absolute atomic E-state index is 12.6. The molecule has 0 spiro atoms. The predicted octanol–water partition coefficient (Wildman–Crippen LogP) is 2.84. The number of nitrogens with zero attached hydrogens (tertiary/aromatic N) is 2. The zero-order valence-electron chi connectivity index (χ0n) is 18.5. The second kappa shape index (κ2) is 9.45. The lowest BCUT2D eigenvalue weighted by Crippen LogP contribution is -2.20. The lowest BCUT2D eigenvalue weighted by atomic mass is 10.0. The van der Waals surface area contributed by atoms with Crippen molar-refractivity contribution in [3.05, 3.63) is 59.3 Å². The first-order valence-corrected chi connectivity index (χ1v) is 11.2. The Labute approximate surface area is 195 Å². The van der Waals surface area contributed by atoms with Crippen LogP contribution in [-0.4, -0.2) is 48.2 Å². The van der Waals surface area contributed by atoms with Crippen LogP contribution in [0.1, 0.15) is 22.1 Å². The monoisotopic (exact) mass is 468 g/mol. The molecule has 0 saturated carbocycles. The zero-order valence-corrected chi connectivity index (χ0v) is 19.3. The smallest absolute Gasteiger partial charge is 0.255 e. The van der Waals surface area contributed by atoms with Gasteiger partial charge in [0.05, 0.1) is 36.6 Å². The van der Waals surface area contributed by atoms with Gasteiger partial charge in [-0.15, -0.1) is 11.8 Å². The number of nitrogens with two attached hydrogens (primary N) is 1. The molecule has 33 heavy (non-hydrogen) atoms. The number of primary amides is 1. The first kappa shape index (κ1) is 22.5. The van der Waals surface area contributed by atoms with E-state index in [9.17, 15) is 9.59 Å². The largest absolute Gasteiger partial charge is 0.497 e. The SMILES string of the molecule is COc1ccc(-n2nc(C)c3c2NC(=O)CSC3c2ccc(OCC(N)=O)c(OC)c2)cc1. The van der Waals surface area contributed by atoms with Gasteiger partial charge in [0.25, 0.3) is 5.91 Å². The van der Waals surface area contributed by atoms with Crippen molar-refractivity contribution >= 4 is 29.4 Å². The van der Waals surface area contributed by atoms with Crippen LogP contribution < -0.4 is 25.3 Å². The van der Waals surface area contributed by atoms with Crippen LogP contribution in [0, 0.1) is 6.92 Å². The highest BCUT2D eigenvalue weighted by Crippen LogP contribution is 2.45. The maximum Gasteiger partial charge on any atom is 0.255 e. The number of aryl methyl sites for hydroxylation is 1. The quantitative estimate of drug-likeness (QED) is 0.547. The van der Waals surface area contributed by atoms with Gasteiger partial charge < -0.3 is 25.3 Å². The molecule has 0 bridgehead atoms. The molecule has 10 heteroatoms. The number of ether oxygens (including phenoxy) is 3. The average Bonchev–Trinajstić information content (AvgIpc) is 3.02. The molecule has 3 aromatic rings. The van der Waals surface area contributed by atoms with Gasteiger partial charge in [-0.25, -0.2) is 4.68 Å². The Morgan fingerprint density at radius 3 is 2.61 bits per heavy atom. The maximum atomic E-state index is 12.6. The number of aromatic nitrogens is 2. The van der Waals surface area contributed by atoms with Crippen molar-refractivity contribution < 1.29 is 23.8 Å². The number of anilines is 1. The van der Waals surface area contributed by atoms with Crippen LogP contribution in [0.5, 0.6) is 17.2 Å². The molecule has 4 rings (SSSR count). The molecule has 172 valence electrons. The van der Waals surface area contributed by atoms with Gasteiger partial charge in [0.15, 0.2) is 18.1 Å². The highest BCUT2D eigenvalue weighted by molar-refractivity contribution is 8.00. The molecule has 1 aromatic heterocycles. The number of thioether (sulfide) groups is 1. The molecule has 0 saturated heterocycles. The number of methoxy groups -OCH3 is 2. The van der Waals surface area contributed by atoms with E-state index in [0.717, 1.165) is 28.3 Å². The van der Waals surface area contributed by atoms with Crippen LogP contribution in [0.3, 0.4) is 0 Å². The molecule has 1 unspecified atom stereocenters. The Morgan fingerprint density at radius 2 is 1.94 bits per heavy atom. The second-order valence-electron chi connectivity index (χ2n) is 7.36. The average molecular weight is 469 g/mol. The summed E-state index contributed by atoms with van der Waals surface area (Å²) in [6, 6.07) is 12.9. The van der Waals surface area contributed by atoms with Crippen LogP contribution in [0.2, 0.25) is 0 Å². The van der Waals surface area contributed by atoms with Crippen molar-refractivity contribution in [3.8, 4) is 22.9 Å². The highest BCUT2D eigenvalue weighted by atomic mass is 32.2. The number of carbonyl (C=O) groups excluding carboxylic acids is 2. The summed E-state index contributed by atoms with van der Waals surface area (Å²) in [6.07, 6.45) is 0. The highest BCUT2D eigenvalue weighted by Gasteiger charge is 2.31. The summed E-state index contributed by atoms with van der Waals surface area (Å²) in [7, 11) is 3.14. The number of rotatable bonds is 7. The van der Waals surface area contributed by atoms with Gasteiger partial charge in [-0.2, -0.15) is 5.10 Å². The number of hydrogen-bond donors (Lipinski definition) is 2. The van der Waals surface area contributed by atoms with E-state index >= 15 is 0 Å². The van der Waals surface area contributed by atoms with E-state index in [1.165, 1.54) is 18.9 Å². The zero-order chi connectivity index (χ0) is 23.5. The van der Waals surface area contributed by atoms with Crippen LogP contribution in [-0.2, 0) is 9.59 Å². The van der Waals surface area contributed by atoms with E-state index < -0.39 is 5.91 Å². The second-order valence-corrected chi connectivity index (χ2v) is 8.46. The van der Waals surface area contributed by atoms with Gasteiger partial charge >= 0.3 is 0 Å². The molecular formula is C23H24N4O5S. The molecule has 3 N–H and O–H groups in total. The number of nitrogens with one attached hydrogen (secondary N) is 1. The van der Waals surface area contributed by atoms with Gasteiger partial charge in [0, 0.05) is 5.56 Å². The standard InChI is InChI=1S/C23H24N4O5S/c1-13-21-22(14-4-9-17(18(10-14)31-3)32-11-19(24)28)33-12-20(29)25-23(21)27(26-13)15-5-7-16(30-2)8-6-15/h4-10,22H,11-12H2,1-3H3,(H2,24,28)(H,25,29).